The first-order valence-electron chi connectivity index (χ1n) is 15.0. The van der Waals surface area contributed by atoms with E-state index < -0.39 is 5.97 Å². The van der Waals surface area contributed by atoms with Crippen LogP contribution in [0.15, 0.2) is 30.6 Å². The fourth-order valence-electron chi connectivity index (χ4n) is 6.43. The molecular weight excluding hydrogens is 534 g/mol. The molecule has 0 aromatic carbocycles. The van der Waals surface area contributed by atoms with Gasteiger partial charge in [-0.05, 0) is 103 Å². The van der Waals surface area contributed by atoms with Gasteiger partial charge in [0.2, 0.25) is 5.91 Å². The van der Waals surface area contributed by atoms with E-state index in [2.05, 4.69) is 23.7 Å². The molecule has 7 nitrogen and oxygen atoms in total. The highest BCUT2D eigenvalue weighted by Gasteiger charge is 2.57. The number of hydrogen-bond acceptors (Lipinski definition) is 6. The summed E-state index contributed by atoms with van der Waals surface area (Å²) in [5, 5.41) is 13.9. The van der Waals surface area contributed by atoms with E-state index in [1.54, 1.807) is 17.4 Å². The van der Waals surface area contributed by atoms with Gasteiger partial charge in [0.1, 0.15) is 16.7 Å². The number of rotatable bonds is 7. The summed E-state index contributed by atoms with van der Waals surface area (Å²) in [7, 11) is 1.96. The zero-order valence-corrected chi connectivity index (χ0v) is 25.8. The van der Waals surface area contributed by atoms with E-state index in [1.807, 2.05) is 51.0 Å². The maximum atomic E-state index is 14.2. The second-order valence-corrected chi connectivity index (χ2v) is 14.5. The normalized spacial score (nSPS) is 27.7. The van der Waals surface area contributed by atoms with Crippen LogP contribution in [0.25, 0.3) is 0 Å². The van der Waals surface area contributed by atoms with Crippen LogP contribution in [-0.2, 0) is 4.79 Å². The minimum absolute atomic E-state index is 0.0135. The Morgan fingerprint density at radius 1 is 1.15 bits per heavy atom. The Morgan fingerprint density at radius 2 is 1.85 bits per heavy atom. The Kier molecular flexibility index (Phi) is 8.50. The molecule has 1 N–H and O–H groups in total. The van der Waals surface area contributed by atoms with E-state index in [0.29, 0.717) is 16.5 Å². The van der Waals surface area contributed by atoms with Crippen LogP contribution in [0.5, 0.6) is 5.75 Å². The van der Waals surface area contributed by atoms with Gasteiger partial charge in [-0.15, -0.1) is 11.3 Å². The Balaban J connectivity index is 1.38. The first kappa shape index (κ1) is 29.6. The predicted octanol–water partition coefficient (Wildman–Crippen LogP) is 7.03. The fraction of sp³-hybridized carbons (Fsp3) is 0.606. The third-order valence-electron chi connectivity index (χ3n) is 9.09. The molecule has 2 aromatic heterocycles. The summed E-state index contributed by atoms with van der Waals surface area (Å²) < 4.78 is 6.23. The molecule has 5 rings (SSSR count). The molecular formula is C33H43N3O4S. The Hall–Kier alpha value is -2.89. The average Bonchev–Trinajstić information content (AvgIpc) is 3.39. The molecule has 0 aliphatic heterocycles. The lowest BCUT2D eigenvalue weighted by Gasteiger charge is -2.42. The second-order valence-electron chi connectivity index (χ2n) is 13.4. The van der Waals surface area contributed by atoms with Gasteiger partial charge >= 0.3 is 5.97 Å². The van der Waals surface area contributed by atoms with E-state index in [9.17, 15) is 14.7 Å². The van der Waals surface area contributed by atoms with E-state index >= 15 is 0 Å². The van der Waals surface area contributed by atoms with Crippen LogP contribution in [0.4, 0.5) is 5.69 Å². The lowest BCUT2D eigenvalue weighted by molar-refractivity contribution is -0.127. The van der Waals surface area contributed by atoms with Gasteiger partial charge in [0.05, 0.1) is 16.8 Å². The third-order valence-corrected chi connectivity index (χ3v) is 10.1. The smallest absolute Gasteiger partial charge is 0.348 e. The summed E-state index contributed by atoms with van der Waals surface area (Å²) in [5.41, 5.74) is 0.431. The van der Waals surface area contributed by atoms with Crippen LogP contribution in [0, 0.1) is 34.5 Å². The molecule has 0 saturated heterocycles. The lowest BCUT2D eigenvalue weighted by Crippen LogP contribution is -2.53. The molecule has 2 heterocycles. The van der Waals surface area contributed by atoms with Crippen molar-refractivity contribution in [3.8, 4) is 17.6 Å². The maximum Gasteiger partial charge on any atom is 0.348 e. The lowest BCUT2D eigenvalue weighted by atomic mass is 9.82. The number of aromatic nitrogens is 1. The van der Waals surface area contributed by atoms with Gasteiger partial charge in [-0.3, -0.25) is 9.78 Å². The molecule has 0 bridgehead atoms. The highest BCUT2D eigenvalue weighted by Crippen LogP contribution is 2.58. The van der Waals surface area contributed by atoms with Crippen molar-refractivity contribution in [2.75, 3.05) is 12.1 Å². The molecule has 0 radical (unpaired) electrons. The molecule has 1 amide bonds. The van der Waals surface area contributed by atoms with Gasteiger partial charge in [-0.25, -0.2) is 14.8 Å². The number of nitrogens with zero attached hydrogens (tertiary/aromatic N) is 3. The van der Waals surface area contributed by atoms with Gasteiger partial charge in [-0.2, -0.15) is 0 Å². The number of hydrogen-bond donors (Lipinski definition) is 1. The first-order chi connectivity index (χ1) is 19.5. The number of ether oxygens (including phenoxy) is 1. The third kappa shape index (κ3) is 6.79. The minimum Gasteiger partial charge on any atom is -0.488 e. The van der Waals surface area contributed by atoms with Crippen molar-refractivity contribution < 1.29 is 19.4 Å². The molecule has 3 saturated carbocycles. The van der Waals surface area contributed by atoms with Crippen LogP contribution >= 0.6 is 11.3 Å². The topological polar surface area (TPSA) is 83.0 Å². The van der Waals surface area contributed by atoms with Crippen LogP contribution < -0.4 is 9.75 Å². The van der Waals surface area contributed by atoms with Crippen LogP contribution in [0.3, 0.4) is 0 Å². The van der Waals surface area contributed by atoms with Crippen molar-refractivity contribution in [2.45, 2.75) is 97.6 Å². The molecule has 41 heavy (non-hydrogen) atoms. The van der Waals surface area contributed by atoms with Crippen molar-refractivity contribution in [3.63, 3.8) is 0 Å². The van der Waals surface area contributed by atoms with Gasteiger partial charge in [0, 0.05) is 36.0 Å². The molecule has 1 spiro atoms. The number of carbonyl (C=O) groups is 2. The van der Waals surface area contributed by atoms with E-state index in [1.165, 1.54) is 0 Å². The molecule has 220 valence electrons. The summed E-state index contributed by atoms with van der Waals surface area (Å²) in [6, 6.07) is 5.80. The van der Waals surface area contributed by atoms with Crippen molar-refractivity contribution in [1.82, 2.24) is 9.99 Å². The average molecular weight is 578 g/mol. The minimum atomic E-state index is -1.02. The Labute approximate surface area is 248 Å². The number of hydrazine groups is 1. The fourth-order valence-corrected chi connectivity index (χ4v) is 7.26. The second kappa shape index (κ2) is 11.8. The molecule has 3 fully saturated rings. The van der Waals surface area contributed by atoms with Crippen molar-refractivity contribution in [1.29, 1.82) is 0 Å². The molecule has 1 unspecified atom stereocenters. The van der Waals surface area contributed by atoms with Gasteiger partial charge in [-0.1, -0.05) is 18.8 Å². The van der Waals surface area contributed by atoms with Gasteiger partial charge in [0.15, 0.2) is 0 Å². The Morgan fingerprint density at radius 3 is 2.46 bits per heavy atom. The van der Waals surface area contributed by atoms with Crippen LogP contribution in [-0.4, -0.2) is 46.2 Å². The van der Waals surface area contributed by atoms with E-state index in [4.69, 9.17) is 4.74 Å². The quantitative estimate of drug-likeness (QED) is 0.281. The Bertz CT molecular complexity index is 1310. The summed E-state index contributed by atoms with van der Waals surface area (Å²) in [4.78, 5) is 31.7. The van der Waals surface area contributed by atoms with Crippen molar-refractivity contribution in [2.24, 2.45) is 22.7 Å². The SMILES string of the molecule is CC1CCC(C(=O)N(c2cc(C#CC(C)(C)C)sc2C(=O)O)N(C)C2CCC3(CC2)CC3Oc2cccnc2)CC1. The summed E-state index contributed by atoms with van der Waals surface area (Å²) in [6.45, 7) is 8.33. The number of carboxylic acid groups (broad SMARTS) is 1. The van der Waals surface area contributed by atoms with Crippen LogP contribution in [0.1, 0.15) is 100 Å². The number of anilines is 1. The monoisotopic (exact) mass is 577 g/mol. The first-order valence-corrected chi connectivity index (χ1v) is 15.8. The molecule has 1 atom stereocenters. The standard InChI is InChI=1S/C33H43N3O4S/c1-22-8-10-23(11-9-22)30(37)36(27-19-26(14-15-32(2,3)4)41-29(27)31(38)39)35(5)24-12-16-33(17-13-24)20-28(33)40-25-7-6-18-34-21-25/h6-7,18-19,21-24,28H,8-13,16-17,20H2,1-5H3,(H,38,39). The van der Waals surface area contributed by atoms with Crippen molar-refractivity contribution >= 4 is 28.9 Å². The number of carbonyl (C=O) groups excluding carboxylic acids is 1. The van der Waals surface area contributed by atoms with Crippen LogP contribution in [0.2, 0.25) is 0 Å². The summed E-state index contributed by atoms with van der Waals surface area (Å²) in [6.07, 6.45) is 12.4. The number of thiophene rings is 1. The summed E-state index contributed by atoms with van der Waals surface area (Å²) in [5.74, 6) is 6.72. The number of aromatic carboxylic acids is 1. The number of pyridine rings is 1. The molecule has 8 heteroatoms. The van der Waals surface area contributed by atoms with Gasteiger partial charge < -0.3 is 9.84 Å². The molecule has 2 aromatic rings. The van der Waals surface area contributed by atoms with Gasteiger partial charge in [0.25, 0.3) is 0 Å². The predicted molar refractivity (Wildman–Crippen MR) is 162 cm³/mol. The highest BCUT2D eigenvalue weighted by atomic mass is 32.1. The van der Waals surface area contributed by atoms with E-state index in [-0.39, 0.29) is 39.7 Å². The highest BCUT2D eigenvalue weighted by molar-refractivity contribution is 7.15. The summed E-state index contributed by atoms with van der Waals surface area (Å²) >= 11 is 1.16. The zero-order chi connectivity index (χ0) is 29.4. The molecule has 3 aliphatic carbocycles. The van der Waals surface area contributed by atoms with Crippen molar-refractivity contribution in [3.05, 3.63) is 40.3 Å². The van der Waals surface area contributed by atoms with E-state index in [0.717, 1.165) is 74.9 Å². The maximum absolute atomic E-state index is 14.2. The zero-order valence-electron chi connectivity index (χ0n) is 25.0. The molecule has 3 aliphatic rings. The number of carboxylic acids is 1. The number of amides is 1. The largest absolute Gasteiger partial charge is 0.488 e.